The minimum atomic E-state index is -4.16. The van der Waals surface area contributed by atoms with Crippen LogP contribution in [0.1, 0.15) is 64.4 Å². The van der Waals surface area contributed by atoms with E-state index in [0.717, 1.165) is 31.2 Å². The molecular weight excluding hydrogens is 360 g/mol. The van der Waals surface area contributed by atoms with Gasteiger partial charge in [0, 0.05) is 0 Å². The third-order valence-electron chi connectivity index (χ3n) is 4.57. The van der Waals surface area contributed by atoms with E-state index in [2.05, 4.69) is 13.8 Å². The molecule has 0 aliphatic rings. The molecule has 2 atom stereocenters. The Labute approximate surface area is 152 Å². The van der Waals surface area contributed by atoms with Gasteiger partial charge in [-0.1, -0.05) is 45.7 Å². The van der Waals surface area contributed by atoms with Crippen LogP contribution in [0.4, 0.5) is 0 Å². The summed E-state index contributed by atoms with van der Waals surface area (Å²) in [5.41, 5.74) is 1.01. The van der Waals surface area contributed by atoms with Crippen LogP contribution < -0.4 is 0 Å². The van der Waals surface area contributed by atoms with Gasteiger partial charge in [0.2, 0.25) is 0 Å². The molecule has 0 spiro atoms. The summed E-state index contributed by atoms with van der Waals surface area (Å²) in [4.78, 5) is -0.103. The second-order valence-corrected chi connectivity index (χ2v) is 10.6. The van der Waals surface area contributed by atoms with Gasteiger partial charge in [-0.25, -0.2) is 8.42 Å². The zero-order valence-corrected chi connectivity index (χ0v) is 16.9. The molecule has 0 amide bonds. The molecule has 1 N–H and O–H groups in total. The van der Waals surface area contributed by atoms with E-state index in [1.165, 1.54) is 12.1 Å². The summed E-state index contributed by atoms with van der Waals surface area (Å²) in [5, 5.41) is 0. The van der Waals surface area contributed by atoms with E-state index in [4.69, 9.17) is 4.55 Å². The van der Waals surface area contributed by atoms with Crippen LogP contribution in [0.25, 0.3) is 0 Å². The Morgan fingerprint density at radius 1 is 0.920 bits per heavy atom. The van der Waals surface area contributed by atoms with E-state index in [0.29, 0.717) is 12.3 Å². The minimum Gasteiger partial charge on any atom is -0.282 e. The van der Waals surface area contributed by atoms with Crippen LogP contribution in [-0.4, -0.2) is 32.9 Å². The Balaban J connectivity index is 2.46. The lowest BCUT2D eigenvalue weighted by atomic mass is 9.91. The van der Waals surface area contributed by atoms with Gasteiger partial charge in [0.1, 0.15) is 9.84 Å². The topological polar surface area (TPSA) is 88.5 Å². The van der Waals surface area contributed by atoms with Crippen LogP contribution >= 0.6 is 0 Å². The highest BCUT2D eigenvalue weighted by molar-refractivity contribution is 7.91. The highest BCUT2D eigenvalue weighted by Crippen LogP contribution is 2.25. The van der Waals surface area contributed by atoms with Crippen LogP contribution in [0.15, 0.2) is 29.2 Å². The molecule has 144 valence electrons. The SMILES string of the molecule is CCCCS(=O)(=O)CCC(C)CCC(C)c1ccc(S(=O)(=O)O)cc1. The summed E-state index contributed by atoms with van der Waals surface area (Å²) < 4.78 is 54.9. The largest absolute Gasteiger partial charge is 0.294 e. The molecule has 0 aromatic heterocycles. The van der Waals surface area contributed by atoms with Crippen molar-refractivity contribution in [2.75, 3.05) is 11.5 Å². The van der Waals surface area contributed by atoms with Crippen molar-refractivity contribution >= 4 is 20.0 Å². The molecule has 7 heteroatoms. The van der Waals surface area contributed by atoms with Crippen molar-refractivity contribution in [2.45, 2.75) is 63.7 Å². The Morgan fingerprint density at radius 2 is 1.52 bits per heavy atom. The number of hydrogen-bond acceptors (Lipinski definition) is 4. The summed E-state index contributed by atoms with van der Waals surface area (Å²) in [5.74, 6) is 1.11. The second kappa shape index (κ2) is 9.69. The quantitative estimate of drug-likeness (QED) is 0.576. The molecule has 5 nitrogen and oxygen atoms in total. The lowest BCUT2D eigenvalue weighted by molar-refractivity contribution is 0.467. The predicted molar refractivity (Wildman–Crippen MR) is 101 cm³/mol. The van der Waals surface area contributed by atoms with E-state index in [-0.39, 0.29) is 22.3 Å². The highest BCUT2D eigenvalue weighted by Gasteiger charge is 2.15. The normalized spacial score (nSPS) is 15.0. The first-order valence-corrected chi connectivity index (χ1v) is 12.1. The first-order valence-electron chi connectivity index (χ1n) is 8.83. The smallest absolute Gasteiger partial charge is 0.282 e. The zero-order valence-electron chi connectivity index (χ0n) is 15.3. The third kappa shape index (κ3) is 8.33. The maximum atomic E-state index is 11.9. The fraction of sp³-hybridized carbons (Fsp3) is 0.667. The summed E-state index contributed by atoms with van der Waals surface area (Å²) in [6.07, 6.45) is 4.13. The van der Waals surface area contributed by atoms with E-state index >= 15 is 0 Å². The molecule has 1 aromatic carbocycles. The summed E-state index contributed by atoms with van der Waals surface area (Å²) >= 11 is 0. The van der Waals surface area contributed by atoms with Gasteiger partial charge in [0.05, 0.1) is 16.4 Å². The predicted octanol–water partition coefficient (Wildman–Crippen LogP) is 4.06. The first-order chi connectivity index (χ1) is 11.5. The first kappa shape index (κ1) is 22.1. The molecule has 25 heavy (non-hydrogen) atoms. The molecule has 0 heterocycles. The van der Waals surface area contributed by atoms with E-state index in [1.54, 1.807) is 12.1 Å². The Bertz CT molecular complexity index is 721. The van der Waals surface area contributed by atoms with Crippen molar-refractivity contribution in [1.29, 1.82) is 0 Å². The molecule has 1 aromatic rings. The van der Waals surface area contributed by atoms with Crippen molar-refractivity contribution in [3.05, 3.63) is 29.8 Å². The van der Waals surface area contributed by atoms with Crippen LogP contribution in [0.2, 0.25) is 0 Å². The maximum absolute atomic E-state index is 11.9. The van der Waals surface area contributed by atoms with Crippen molar-refractivity contribution < 1.29 is 21.4 Å². The Kier molecular flexibility index (Phi) is 8.57. The fourth-order valence-corrected chi connectivity index (χ4v) is 4.84. The van der Waals surface area contributed by atoms with E-state index < -0.39 is 20.0 Å². The lowest BCUT2D eigenvalue weighted by Crippen LogP contribution is -2.14. The summed E-state index contributed by atoms with van der Waals surface area (Å²) in [7, 11) is -7.08. The highest BCUT2D eigenvalue weighted by atomic mass is 32.2. The summed E-state index contributed by atoms with van der Waals surface area (Å²) in [6, 6.07) is 6.25. The maximum Gasteiger partial charge on any atom is 0.294 e. The van der Waals surface area contributed by atoms with Crippen LogP contribution in [0, 0.1) is 5.92 Å². The number of hydrogen-bond donors (Lipinski definition) is 1. The van der Waals surface area contributed by atoms with Gasteiger partial charge in [-0.3, -0.25) is 4.55 Å². The van der Waals surface area contributed by atoms with E-state index in [1.807, 2.05) is 6.92 Å². The number of benzene rings is 1. The molecule has 0 saturated carbocycles. The third-order valence-corrected chi connectivity index (χ3v) is 7.21. The number of unbranched alkanes of at least 4 members (excludes halogenated alkanes) is 1. The fourth-order valence-electron chi connectivity index (χ4n) is 2.66. The molecule has 0 fully saturated rings. The number of sulfone groups is 1. The van der Waals surface area contributed by atoms with Crippen molar-refractivity contribution in [2.24, 2.45) is 5.92 Å². The average Bonchev–Trinajstić information content (AvgIpc) is 2.55. The van der Waals surface area contributed by atoms with Gasteiger partial charge in [-0.2, -0.15) is 8.42 Å². The molecule has 0 radical (unpaired) electrons. The van der Waals surface area contributed by atoms with Crippen molar-refractivity contribution in [3.63, 3.8) is 0 Å². The van der Waals surface area contributed by atoms with Gasteiger partial charge in [0.25, 0.3) is 10.1 Å². The number of rotatable bonds is 11. The van der Waals surface area contributed by atoms with Crippen LogP contribution in [-0.2, 0) is 20.0 Å². The molecule has 2 unspecified atom stereocenters. The minimum absolute atomic E-state index is 0.103. The standard InChI is InChI=1S/C18H30O5S2/c1-4-5-13-24(19,20)14-12-15(2)6-7-16(3)17-8-10-18(11-9-17)25(21,22)23/h8-11,15-16H,4-7,12-14H2,1-3H3,(H,21,22,23). The summed E-state index contributed by atoms with van der Waals surface area (Å²) in [6.45, 7) is 6.12. The van der Waals surface area contributed by atoms with E-state index in [9.17, 15) is 16.8 Å². The molecule has 1 rings (SSSR count). The van der Waals surface area contributed by atoms with Crippen molar-refractivity contribution in [3.8, 4) is 0 Å². The van der Waals surface area contributed by atoms with Crippen LogP contribution in [0.3, 0.4) is 0 Å². The van der Waals surface area contributed by atoms with Crippen molar-refractivity contribution in [1.82, 2.24) is 0 Å². The zero-order chi connectivity index (χ0) is 19.1. The van der Waals surface area contributed by atoms with Gasteiger partial charge in [-0.15, -0.1) is 0 Å². The molecule has 0 aliphatic carbocycles. The molecule has 0 aliphatic heterocycles. The van der Waals surface area contributed by atoms with Gasteiger partial charge < -0.3 is 0 Å². The molecule has 0 bridgehead atoms. The average molecular weight is 391 g/mol. The monoisotopic (exact) mass is 390 g/mol. The Morgan fingerprint density at radius 3 is 2.04 bits per heavy atom. The van der Waals surface area contributed by atoms with Gasteiger partial charge in [-0.05, 0) is 48.8 Å². The molecule has 0 saturated heterocycles. The Hall–Kier alpha value is -0.920. The van der Waals surface area contributed by atoms with Gasteiger partial charge in [0.15, 0.2) is 0 Å². The molecular formula is C18H30O5S2. The van der Waals surface area contributed by atoms with Crippen LogP contribution in [0.5, 0.6) is 0 Å². The lowest BCUT2D eigenvalue weighted by Gasteiger charge is -2.16. The van der Waals surface area contributed by atoms with Gasteiger partial charge >= 0.3 is 0 Å². The second-order valence-electron chi connectivity index (χ2n) is 6.92.